The first-order chi connectivity index (χ1) is 13.1. The van der Waals surface area contributed by atoms with Crippen LogP contribution in [0, 0.1) is 0 Å². The summed E-state index contributed by atoms with van der Waals surface area (Å²) < 4.78 is 16.5. The summed E-state index contributed by atoms with van der Waals surface area (Å²) in [4.78, 5) is 24.0. The van der Waals surface area contributed by atoms with Gasteiger partial charge in [0.05, 0.1) is 19.9 Å². The van der Waals surface area contributed by atoms with Gasteiger partial charge in [0.25, 0.3) is 11.8 Å². The van der Waals surface area contributed by atoms with Gasteiger partial charge in [0.15, 0.2) is 11.5 Å². The van der Waals surface area contributed by atoms with Crippen LogP contribution in [-0.2, 0) is 4.79 Å². The Labute approximate surface area is 163 Å². The van der Waals surface area contributed by atoms with E-state index in [2.05, 4.69) is 31.8 Å². The van der Waals surface area contributed by atoms with Gasteiger partial charge in [-0.1, -0.05) is 15.9 Å². The van der Waals surface area contributed by atoms with Crippen molar-refractivity contribution in [3.05, 3.63) is 52.0 Å². The fraction of sp³-hybridized carbons (Fsp3) is 0.167. The normalized spacial score (nSPS) is 12.1. The summed E-state index contributed by atoms with van der Waals surface area (Å²) in [6, 6.07) is 10.2. The molecule has 3 rings (SSSR count). The highest BCUT2D eigenvalue weighted by molar-refractivity contribution is 9.10. The molecule has 2 N–H and O–H groups in total. The summed E-state index contributed by atoms with van der Waals surface area (Å²) in [5.74, 6) is 0.837. The van der Waals surface area contributed by atoms with E-state index in [1.54, 1.807) is 37.4 Å². The van der Waals surface area contributed by atoms with Crippen molar-refractivity contribution in [3.8, 4) is 17.2 Å². The Morgan fingerprint density at radius 3 is 2.85 bits per heavy atom. The highest BCUT2D eigenvalue weighted by Gasteiger charge is 2.16. The predicted octanol–water partition coefficient (Wildman–Crippen LogP) is 2.07. The van der Waals surface area contributed by atoms with Crippen molar-refractivity contribution in [2.24, 2.45) is 5.10 Å². The van der Waals surface area contributed by atoms with E-state index in [0.717, 1.165) is 4.47 Å². The Hall–Kier alpha value is -3.07. The Morgan fingerprint density at radius 2 is 2.04 bits per heavy atom. The fourth-order valence-corrected chi connectivity index (χ4v) is 2.70. The highest BCUT2D eigenvalue weighted by Crippen LogP contribution is 2.32. The summed E-state index contributed by atoms with van der Waals surface area (Å²) in [5.41, 5.74) is 3.41. The highest BCUT2D eigenvalue weighted by atomic mass is 79.9. The molecule has 0 fully saturated rings. The first kappa shape index (κ1) is 18.7. The first-order valence-corrected chi connectivity index (χ1v) is 8.69. The minimum absolute atomic E-state index is 0.129. The number of hydrogen-bond acceptors (Lipinski definition) is 6. The average molecular weight is 434 g/mol. The molecule has 1 aliphatic heterocycles. The molecule has 1 aliphatic rings. The number of rotatable bonds is 6. The summed E-state index contributed by atoms with van der Waals surface area (Å²) in [7, 11) is 1.55. The molecule has 1 heterocycles. The van der Waals surface area contributed by atoms with Crippen LogP contribution in [0.5, 0.6) is 17.2 Å². The van der Waals surface area contributed by atoms with E-state index in [1.165, 1.54) is 6.21 Å². The molecule has 0 saturated carbocycles. The molecular weight excluding hydrogens is 418 g/mol. The minimum atomic E-state index is -0.464. The molecule has 0 radical (unpaired) electrons. The standard InChI is InChI=1S/C18H16BrN3O5/c1-25-14-5-3-13(19)6-12(14)8-21-22-17(23)9-20-18(24)11-2-4-15-16(7-11)27-10-26-15/h2-8H,9-10H2,1H3,(H,20,24)(H,22,23). The quantitative estimate of drug-likeness (QED) is 0.536. The van der Waals surface area contributed by atoms with Crippen LogP contribution in [0.2, 0.25) is 0 Å². The van der Waals surface area contributed by atoms with Crippen LogP contribution in [0.1, 0.15) is 15.9 Å². The molecule has 9 heteroatoms. The van der Waals surface area contributed by atoms with Crippen molar-refractivity contribution in [1.82, 2.24) is 10.7 Å². The van der Waals surface area contributed by atoms with Gasteiger partial charge >= 0.3 is 0 Å². The van der Waals surface area contributed by atoms with Gasteiger partial charge in [-0.2, -0.15) is 5.10 Å². The number of hydrazone groups is 1. The van der Waals surface area contributed by atoms with E-state index < -0.39 is 11.8 Å². The third-order valence-electron chi connectivity index (χ3n) is 3.63. The zero-order valence-electron chi connectivity index (χ0n) is 14.3. The van der Waals surface area contributed by atoms with E-state index >= 15 is 0 Å². The lowest BCUT2D eigenvalue weighted by atomic mass is 10.2. The van der Waals surface area contributed by atoms with E-state index in [1.807, 2.05) is 6.07 Å². The number of carbonyl (C=O) groups is 2. The number of carbonyl (C=O) groups excluding carboxylic acids is 2. The largest absolute Gasteiger partial charge is 0.496 e. The molecule has 2 amide bonds. The summed E-state index contributed by atoms with van der Waals surface area (Å²) in [6.07, 6.45) is 1.46. The van der Waals surface area contributed by atoms with Gasteiger partial charge < -0.3 is 19.5 Å². The van der Waals surface area contributed by atoms with E-state index in [4.69, 9.17) is 14.2 Å². The summed E-state index contributed by atoms with van der Waals surface area (Å²) in [5, 5.41) is 6.39. The van der Waals surface area contributed by atoms with Crippen molar-refractivity contribution in [1.29, 1.82) is 0 Å². The number of ether oxygens (including phenoxy) is 3. The zero-order valence-corrected chi connectivity index (χ0v) is 15.9. The van der Waals surface area contributed by atoms with Crippen molar-refractivity contribution in [3.63, 3.8) is 0 Å². The molecule has 0 bridgehead atoms. The number of benzene rings is 2. The van der Waals surface area contributed by atoms with Crippen LogP contribution in [0.4, 0.5) is 0 Å². The molecular formula is C18H16BrN3O5. The second-order valence-corrected chi connectivity index (χ2v) is 6.35. The van der Waals surface area contributed by atoms with Crippen LogP contribution < -0.4 is 25.0 Å². The number of amides is 2. The maximum absolute atomic E-state index is 12.1. The van der Waals surface area contributed by atoms with Gasteiger partial charge in [-0.05, 0) is 36.4 Å². The Balaban J connectivity index is 1.51. The first-order valence-electron chi connectivity index (χ1n) is 7.90. The zero-order chi connectivity index (χ0) is 19.2. The SMILES string of the molecule is COc1ccc(Br)cc1C=NNC(=O)CNC(=O)c1ccc2c(c1)OCO2. The molecule has 140 valence electrons. The molecule has 2 aromatic carbocycles. The Bertz CT molecular complexity index is 901. The molecule has 0 aliphatic carbocycles. The van der Waals surface area contributed by atoms with Crippen LogP contribution >= 0.6 is 15.9 Å². The molecule has 0 spiro atoms. The van der Waals surface area contributed by atoms with Crippen LogP contribution in [0.3, 0.4) is 0 Å². The van der Waals surface area contributed by atoms with Crippen molar-refractivity contribution in [2.45, 2.75) is 0 Å². The molecule has 0 atom stereocenters. The maximum Gasteiger partial charge on any atom is 0.259 e. The molecule has 0 unspecified atom stereocenters. The van der Waals surface area contributed by atoms with Gasteiger partial charge in [-0.15, -0.1) is 0 Å². The van der Waals surface area contributed by atoms with Gasteiger partial charge in [0, 0.05) is 15.6 Å². The number of hydrogen-bond donors (Lipinski definition) is 2. The third kappa shape index (κ3) is 4.76. The summed E-state index contributed by atoms with van der Waals surface area (Å²) in [6.45, 7) is -0.0934. The lowest BCUT2D eigenvalue weighted by Crippen LogP contribution is -2.34. The lowest BCUT2D eigenvalue weighted by molar-refractivity contribution is -0.120. The molecule has 27 heavy (non-hydrogen) atoms. The molecule has 8 nitrogen and oxygen atoms in total. The van der Waals surface area contributed by atoms with Gasteiger partial charge in [-0.25, -0.2) is 5.43 Å². The van der Waals surface area contributed by atoms with E-state index in [0.29, 0.717) is 28.4 Å². The van der Waals surface area contributed by atoms with Gasteiger partial charge in [-0.3, -0.25) is 9.59 Å². The second kappa shape index (κ2) is 8.54. The van der Waals surface area contributed by atoms with Crippen molar-refractivity contribution in [2.75, 3.05) is 20.4 Å². The van der Waals surface area contributed by atoms with Crippen LogP contribution in [-0.4, -0.2) is 38.5 Å². The van der Waals surface area contributed by atoms with Gasteiger partial charge in [0.2, 0.25) is 6.79 Å². The average Bonchev–Trinajstić information content (AvgIpc) is 3.14. The Kier molecular flexibility index (Phi) is 5.92. The molecule has 2 aromatic rings. The predicted molar refractivity (Wildman–Crippen MR) is 101 cm³/mol. The topological polar surface area (TPSA) is 98.2 Å². The van der Waals surface area contributed by atoms with Crippen LogP contribution in [0.15, 0.2) is 46.0 Å². The van der Waals surface area contributed by atoms with E-state index in [-0.39, 0.29) is 13.3 Å². The smallest absolute Gasteiger partial charge is 0.259 e. The monoisotopic (exact) mass is 433 g/mol. The number of nitrogens with one attached hydrogen (secondary N) is 2. The van der Waals surface area contributed by atoms with Crippen LogP contribution in [0.25, 0.3) is 0 Å². The minimum Gasteiger partial charge on any atom is -0.496 e. The number of halogens is 1. The fourth-order valence-electron chi connectivity index (χ4n) is 2.32. The Morgan fingerprint density at radius 1 is 1.22 bits per heavy atom. The maximum atomic E-state index is 12.1. The molecule has 0 saturated heterocycles. The van der Waals surface area contributed by atoms with Gasteiger partial charge in [0.1, 0.15) is 5.75 Å². The van der Waals surface area contributed by atoms with Crippen molar-refractivity contribution >= 4 is 34.0 Å². The summed E-state index contributed by atoms with van der Waals surface area (Å²) >= 11 is 3.36. The molecule has 0 aromatic heterocycles. The van der Waals surface area contributed by atoms with E-state index in [9.17, 15) is 9.59 Å². The number of methoxy groups -OCH3 is 1. The second-order valence-electron chi connectivity index (χ2n) is 5.43. The number of nitrogens with zero attached hydrogens (tertiary/aromatic N) is 1. The third-order valence-corrected chi connectivity index (χ3v) is 4.12. The number of fused-ring (bicyclic) bond motifs is 1. The lowest BCUT2D eigenvalue weighted by Gasteiger charge is -2.06. The van der Waals surface area contributed by atoms with Crippen molar-refractivity contribution < 1.29 is 23.8 Å².